The van der Waals surface area contributed by atoms with Gasteiger partial charge in [0.1, 0.15) is 5.82 Å². The first-order valence-electron chi connectivity index (χ1n) is 13.3. The molecule has 0 aliphatic heterocycles. The van der Waals surface area contributed by atoms with Crippen molar-refractivity contribution in [1.29, 1.82) is 0 Å². The van der Waals surface area contributed by atoms with Crippen LogP contribution in [-0.2, 0) is 26.1 Å². The van der Waals surface area contributed by atoms with Crippen LogP contribution in [0.2, 0.25) is 0 Å². The molecule has 1 N–H and O–H groups in total. The first-order chi connectivity index (χ1) is 18.9. The predicted octanol–water partition coefficient (Wildman–Crippen LogP) is 5.67. The van der Waals surface area contributed by atoms with Crippen molar-refractivity contribution in [1.82, 2.24) is 30.1 Å². The quantitative estimate of drug-likeness (QED) is 0.255. The summed E-state index contributed by atoms with van der Waals surface area (Å²) in [6.07, 6.45) is 1.53. The standard InChI is InChI=1S/C31H33FN6O/c1-4-29(30-34-35-36-38(30)15-14-23-8-6-5-7-9-23)37(19-24-10-12-26(32)13-11-24)20-25-18-27-22(3)16-21(2)17-28(27)33-31(25)39/h5-13,16-18,29H,4,14-15,19-20H2,1-3H3,(H,33,39)/t29-/m0/s1. The summed E-state index contributed by atoms with van der Waals surface area (Å²) in [5, 5.41) is 13.8. The molecule has 1 atom stereocenters. The Morgan fingerprint density at radius 1 is 0.974 bits per heavy atom. The van der Waals surface area contributed by atoms with Crippen molar-refractivity contribution in [3.05, 3.63) is 123 Å². The molecule has 0 aliphatic carbocycles. The molecule has 0 unspecified atom stereocenters. The highest BCUT2D eigenvalue weighted by atomic mass is 19.1. The number of aromatic amines is 1. The maximum atomic E-state index is 13.7. The lowest BCUT2D eigenvalue weighted by atomic mass is 10.0. The van der Waals surface area contributed by atoms with Gasteiger partial charge in [-0.2, -0.15) is 0 Å². The van der Waals surface area contributed by atoms with E-state index in [1.807, 2.05) is 41.9 Å². The fourth-order valence-corrected chi connectivity index (χ4v) is 5.25. The van der Waals surface area contributed by atoms with E-state index in [1.54, 1.807) is 12.1 Å². The van der Waals surface area contributed by atoms with Crippen LogP contribution in [0.1, 0.15) is 53.0 Å². The van der Waals surface area contributed by atoms with Gasteiger partial charge in [-0.3, -0.25) is 9.69 Å². The topological polar surface area (TPSA) is 79.7 Å². The molecule has 7 nitrogen and oxygen atoms in total. The normalized spacial score (nSPS) is 12.3. The number of tetrazole rings is 1. The molecule has 0 aliphatic rings. The number of aromatic nitrogens is 5. The van der Waals surface area contributed by atoms with Crippen LogP contribution < -0.4 is 5.56 Å². The van der Waals surface area contributed by atoms with Crippen molar-refractivity contribution in [2.75, 3.05) is 0 Å². The minimum absolute atomic E-state index is 0.116. The molecule has 3 aromatic carbocycles. The molecule has 0 bridgehead atoms. The van der Waals surface area contributed by atoms with Gasteiger partial charge in [-0.25, -0.2) is 9.07 Å². The van der Waals surface area contributed by atoms with Crippen LogP contribution in [0, 0.1) is 19.7 Å². The number of hydrogen-bond acceptors (Lipinski definition) is 5. The molecule has 2 heterocycles. The van der Waals surface area contributed by atoms with Gasteiger partial charge in [-0.15, -0.1) is 5.10 Å². The van der Waals surface area contributed by atoms with Gasteiger partial charge in [-0.1, -0.05) is 55.5 Å². The average molecular weight is 525 g/mol. The molecular weight excluding hydrogens is 491 g/mol. The maximum Gasteiger partial charge on any atom is 0.252 e. The third-order valence-electron chi connectivity index (χ3n) is 7.20. The molecule has 0 fully saturated rings. The number of nitrogens with one attached hydrogen (secondary N) is 1. The van der Waals surface area contributed by atoms with Gasteiger partial charge in [0.15, 0.2) is 5.82 Å². The number of benzene rings is 3. The van der Waals surface area contributed by atoms with E-state index in [4.69, 9.17) is 0 Å². The smallest absolute Gasteiger partial charge is 0.252 e. The van der Waals surface area contributed by atoms with Crippen LogP contribution in [0.15, 0.2) is 77.6 Å². The van der Waals surface area contributed by atoms with Gasteiger partial charge >= 0.3 is 0 Å². The molecule has 200 valence electrons. The van der Waals surface area contributed by atoms with E-state index < -0.39 is 0 Å². The third-order valence-corrected chi connectivity index (χ3v) is 7.20. The molecule has 0 amide bonds. The van der Waals surface area contributed by atoms with Crippen LogP contribution >= 0.6 is 0 Å². The Kier molecular flexibility index (Phi) is 7.93. The Morgan fingerprint density at radius 2 is 1.74 bits per heavy atom. The summed E-state index contributed by atoms with van der Waals surface area (Å²) in [5.41, 5.74) is 5.77. The second-order valence-corrected chi connectivity index (χ2v) is 10.1. The summed E-state index contributed by atoms with van der Waals surface area (Å²) in [5.74, 6) is 0.471. The maximum absolute atomic E-state index is 13.7. The second kappa shape index (κ2) is 11.7. The molecular formula is C31H33FN6O. The molecule has 5 aromatic rings. The monoisotopic (exact) mass is 524 g/mol. The molecule has 0 saturated carbocycles. The Bertz CT molecular complexity index is 1610. The van der Waals surface area contributed by atoms with Gasteiger partial charge in [0.05, 0.1) is 6.04 Å². The summed E-state index contributed by atoms with van der Waals surface area (Å²) in [7, 11) is 0. The lowest BCUT2D eigenvalue weighted by Crippen LogP contribution is -2.32. The molecule has 0 spiro atoms. The summed E-state index contributed by atoms with van der Waals surface area (Å²) in [4.78, 5) is 18.5. The van der Waals surface area contributed by atoms with Crippen molar-refractivity contribution in [2.24, 2.45) is 0 Å². The Labute approximate surface area is 227 Å². The minimum Gasteiger partial charge on any atom is -0.322 e. The van der Waals surface area contributed by atoms with Crippen molar-refractivity contribution in [3.63, 3.8) is 0 Å². The van der Waals surface area contributed by atoms with Crippen molar-refractivity contribution in [3.8, 4) is 0 Å². The van der Waals surface area contributed by atoms with Crippen molar-refractivity contribution >= 4 is 10.9 Å². The number of hydrogen-bond donors (Lipinski definition) is 1. The highest BCUT2D eigenvalue weighted by Crippen LogP contribution is 2.27. The van der Waals surface area contributed by atoms with Crippen LogP contribution in [0.4, 0.5) is 4.39 Å². The molecule has 0 saturated heterocycles. The van der Waals surface area contributed by atoms with Crippen LogP contribution in [-0.4, -0.2) is 30.1 Å². The number of H-pyrrole nitrogens is 1. The van der Waals surface area contributed by atoms with E-state index in [1.165, 1.54) is 17.7 Å². The largest absolute Gasteiger partial charge is 0.322 e. The lowest BCUT2D eigenvalue weighted by molar-refractivity contribution is 0.160. The average Bonchev–Trinajstić information content (AvgIpc) is 3.38. The van der Waals surface area contributed by atoms with Crippen LogP contribution in [0.5, 0.6) is 0 Å². The van der Waals surface area contributed by atoms with Gasteiger partial charge in [0, 0.05) is 36.1 Å². The Balaban J connectivity index is 1.49. The summed E-state index contributed by atoms with van der Waals surface area (Å²) in [6.45, 7) is 7.72. The van der Waals surface area contributed by atoms with Crippen molar-refractivity contribution < 1.29 is 4.39 Å². The number of rotatable bonds is 10. The fourth-order valence-electron chi connectivity index (χ4n) is 5.25. The molecule has 39 heavy (non-hydrogen) atoms. The van der Waals surface area contributed by atoms with Gasteiger partial charge in [0.25, 0.3) is 5.56 Å². The molecule has 2 aromatic heterocycles. The predicted molar refractivity (Wildman–Crippen MR) is 151 cm³/mol. The zero-order chi connectivity index (χ0) is 27.4. The van der Waals surface area contributed by atoms with Crippen LogP contribution in [0.3, 0.4) is 0 Å². The van der Waals surface area contributed by atoms with Crippen molar-refractivity contribution in [2.45, 2.75) is 59.3 Å². The number of pyridine rings is 1. The van der Waals surface area contributed by atoms with E-state index in [0.717, 1.165) is 46.3 Å². The zero-order valence-electron chi connectivity index (χ0n) is 22.6. The highest BCUT2D eigenvalue weighted by Gasteiger charge is 2.26. The molecule has 8 heteroatoms. The highest BCUT2D eigenvalue weighted by molar-refractivity contribution is 5.83. The number of fused-ring (bicyclic) bond motifs is 1. The van der Waals surface area contributed by atoms with E-state index >= 15 is 0 Å². The Hall–Kier alpha value is -4.17. The fraction of sp³-hybridized carbons (Fsp3) is 0.290. The summed E-state index contributed by atoms with van der Waals surface area (Å²) >= 11 is 0. The first kappa shape index (κ1) is 26.4. The summed E-state index contributed by atoms with van der Waals surface area (Å²) in [6, 6.07) is 22.7. The van der Waals surface area contributed by atoms with E-state index in [2.05, 4.69) is 57.5 Å². The van der Waals surface area contributed by atoms with E-state index in [9.17, 15) is 9.18 Å². The molecule has 5 rings (SSSR count). The van der Waals surface area contributed by atoms with Crippen LogP contribution in [0.25, 0.3) is 10.9 Å². The molecule has 0 radical (unpaired) electrons. The zero-order valence-corrected chi connectivity index (χ0v) is 22.6. The van der Waals surface area contributed by atoms with E-state index in [-0.39, 0.29) is 17.4 Å². The van der Waals surface area contributed by atoms with Gasteiger partial charge in [0.2, 0.25) is 0 Å². The summed E-state index contributed by atoms with van der Waals surface area (Å²) < 4.78 is 15.5. The third kappa shape index (κ3) is 6.12. The lowest BCUT2D eigenvalue weighted by Gasteiger charge is -2.30. The minimum atomic E-state index is -0.279. The van der Waals surface area contributed by atoms with E-state index in [0.29, 0.717) is 25.2 Å². The number of halogens is 1. The second-order valence-electron chi connectivity index (χ2n) is 10.1. The Morgan fingerprint density at radius 3 is 2.49 bits per heavy atom. The number of nitrogens with zero attached hydrogens (tertiary/aromatic N) is 5. The van der Waals surface area contributed by atoms with Gasteiger partial charge in [-0.05, 0) is 83.6 Å². The first-order valence-corrected chi connectivity index (χ1v) is 13.3. The number of aryl methyl sites for hydroxylation is 4. The SMILES string of the molecule is CC[C@@H](c1nnnn1CCc1ccccc1)N(Cc1ccc(F)cc1)Cc1cc2c(C)cc(C)cc2[nH]c1=O. The van der Waals surface area contributed by atoms with Gasteiger partial charge < -0.3 is 4.98 Å².